The lowest BCUT2D eigenvalue weighted by atomic mass is 9.93. The molecular weight excluding hydrogens is 676 g/mol. The second-order valence-electron chi connectivity index (χ2n) is 13.8. The summed E-state index contributed by atoms with van der Waals surface area (Å²) >= 11 is 0.886. The summed E-state index contributed by atoms with van der Waals surface area (Å²) < 4.78 is 74.4. The number of piperidine rings is 1. The van der Waals surface area contributed by atoms with Gasteiger partial charge in [-0.1, -0.05) is 0 Å². The Morgan fingerprint density at radius 2 is 1.92 bits per heavy atom. The van der Waals surface area contributed by atoms with E-state index in [1.807, 2.05) is 6.07 Å². The van der Waals surface area contributed by atoms with Gasteiger partial charge in [-0.05, 0) is 50.9 Å². The fourth-order valence-electron chi connectivity index (χ4n) is 8.35. The molecule has 3 saturated heterocycles. The molecule has 0 radical (unpaired) electrons. The molecule has 0 spiro atoms. The Kier molecular flexibility index (Phi) is 8.26. The summed E-state index contributed by atoms with van der Waals surface area (Å²) in [4.78, 5) is 19.6. The quantitative estimate of drug-likeness (QED) is 0.256. The first kappa shape index (κ1) is 33.3. The van der Waals surface area contributed by atoms with Gasteiger partial charge in [0.1, 0.15) is 35.1 Å². The molecule has 264 valence electrons. The Balaban J connectivity index is 1.33. The van der Waals surface area contributed by atoms with E-state index >= 15 is 13.2 Å². The van der Waals surface area contributed by atoms with Gasteiger partial charge in [0.2, 0.25) is 0 Å². The van der Waals surface area contributed by atoms with Gasteiger partial charge in [-0.25, -0.2) is 17.6 Å². The number of nitrogens with two attached hydrogens (primary N) is 1. The van der Waals surface area contributed by atoms with Gasteiger partial charge in [0.25, 0.3) is 5.92 Å². The van der Waals surface area contributed by atoms with Gasteiger partial charge in [0.15, 0.2) is 11.6 Å². The van der Waals surface area contributed by atoms with Gasteiger partial charge in [0.05, 0.1) is 46.9 Å². The Hall–Kier alpha value is -3.88. The van der Waals surface area contributed by atoms with Gasteiger partial charge in [-0.2, -0.15) is 15.2 Å². The van der Waals surface area contributed by atoms with Gasteiger partial charge >= 0.3 is 6.01 Å². The summed E-state index contributed by atoms with van der Waals surface area (Å²) in [7, 11) is 1.62. The number of benzene rings is 1. The molecule has 4 aliphatic heterocycles. The molecule has 3 fully saturated rings. The lowest BCUT2D eigenvalue weighted by Gasteiger charge is -2.42. The number of pyridine rings is 1. The van der Waals surface area contributed by atoms with E-state index in [0.717, 1.165) is 30.4 Å². The Morgan fingerprint density at radius 3 is 2.62 bits per heavy atom. The minimum absolute atomic E-state index is 0.00294. The van der Waals surface area contributed by atoms with Crippen molar-refractivity contribution in [1.82, 2.24) is 24.8 Å². The normalized spacial score (nSPS) is 24.2. The number of rotatable bonds is 7. The van der Waals surface area contributed by atoms with Crippen molar-refractivity contribution < 1.29 is 32.1 Å². The molecule has 0 amide bonds. The number of nitriles is 1. The highest BCUT2D eigenvalue weighted by molar-refractivity contribution is 7.23. The molecule has 3 unspecified atom stereocenters. The molecule has 3 N–H and O–H groups in total. The van der Waals surface area contributed by atoms with Crippen LogP contribution in [0.1, 0.15) is 49.3 Å². The topological polar surface area (TPSA) is 137 Å². The molecule has 4 aromatic rings. The van der Waals surface area contributed by atoms with E-state index in [2.05, 4.69) is 19.8 Å². The number of hydrogen-bond donors (Lipinski definition) is 2. The first-order chi connectivity index (χ1) is 24.0. The SMILES string of the molecule is C[C@@H](O)CN1CC2CCC(C1)N2c1nc(OCC2N(C)CCCC2(F)F)nc2c(F)c(-c3ncc(F)c4sc(N)c(C#N)c34)c3c(c12)COC3. The number of aliphatic hydroxyl groups is 1. The number of β-amino-alcohol motifs (C(OH)–C–C–N with tert-alkyl or cyclic N) is 1. The number of likely N-dealkylation sites (N-methyl/N-ethyl adjacent to an activating group) is 1. The lowest BCUT2D eigenvalue weighted by molar-refractivity contribution is -0.117. The molecule has 2 bridgehead atoms. The maximum absolute atomic E-state index is 17.4. The predicted octanol–water partition coefficient (Wildman–Crippen LogP) is 4.81. The van der Waals surface area contributed by atoms with Crippen LogP contribution in [0.25, 0.3) is 32.2 Å². The van der Waals surface area contributed by atoms with Crippen molar-refractivity contribution in [1.29, 1.82) is 5.26 Å². The van der Waals surface area contributed by atoms with Crippen LogP contribution in [0.2, 0.25) is 0 Å². The molecule has 4 aliphatic rings. The molecule has 4 atom stereocenters. The summed E-state index contributed by atoms with van der Waals surface area (Å²) in [6, 6.07) is 0.520. The smallest absolute Gasteiger partial charge is 0.319 e. The zero-order valence-electron chi connectivity index (χ0n) is 27.6. The maximum Gasteiger partial charge on any atom is 0.319 e. The molecule has 0 saturated carbocycles. The van der Waals surface area contributed by atoms with Crippen LogP contribution >= 0.6 is 11.3 Å². The van der Waals surface area contributed by atoms with Crippen molar-refractivity contribution in [3.05, 3.63) is 34.5 Å². The third kappa shape index (κ3) is 5.32. The highest BCUT2D eigenvalue weighted by Gasteiger charge is 2.46. The summed E-state index contributed by atoms with van der Waals surface area (Å²) in [6.07, 6.45) is 2.25. The third-order valence-corrected chi connectivity index (χ3v) is 11.6. The Bertz CT molecular complexity index is 2040. The number of alkyl halides is 2. The number of nitrogen functional groups attached to an aromatic ring is 1. The van der Waals surface area contributed by atoms with E-state index in [4.69, 9.17) is 20.2 Å². The van der Waals surface area contributed by atoms with E-state index in [-0.39, 0.29) is 75.2 Å². The highest BCUT2D eigenvalue weighted by Crippen LogP contribution is 2.48. The number of hydrogen-bond acceptors (Lipinski definition) is 12. The number of piperazine rings is 1. The standard InChI is InChI=1S/C34H36F4N8O3S/c1-16(47)10-45-11-17-4-5-18(12-45)46(17)32-26-21-14-48-13-20(21)24(28-25-19(8-39)31(40)50-30(25)22(35)9-41-28)27(36)29(26)42-33(43-32)49-15-23-34(37,38)6-3-7-44(23)2/h9,16-18,23,47H,3-7,10-15,40H2,1-2H3/t16-,17?,18?,23?/m1/s1. The van der Waals surface area contributed by atoms with E-state index < -0.39 is 36.3 Å². The number of ether oxygens (including phenoxy) is 2. The van der Waals surface area contributed by atoms with Crippen LogP contribution in [0.3, 0.4) is 0 Å². The number of anilines is 2. The van der Waals surface area contributed by atoms with Crippen molar-refractivity contribution >= 4 is 43.1 Å². The molecule has 50 heavy (non-hydrogen) atoms. The number of nitrogens with zero attached hydrogens (tertiary/aromatic N) is 7. The van der Waals surface area contributed by atoms with Crippen LogP contribution < -0.4 is 15.4 Å². The number of aromatic nitrogens is 3. The highest BCUT2D eigenvalue weighted by atomic mass is 32.1. The molecule has 16 heteroatoms. The minimum Gasteiger partial charge on any atom is -0.461 e. The van der Waals surface area contributed by atoms with Crippen LogP contribution in [0.15, 0.2) is 6.20 Å². The first-order valence-corrected chi connectivity index (χ1v) is 17.6. The van der Waals surface area contributed by atoms with Gasteiger partial charge < -0.3 is 25.2 Å². The summed E-state index contributed by atoms with van der Waals surface area (Å²) in [6.45, 7) is 3.76. The van der Waals surface area contributed by atoms with Crippen molar-refractivity contribution in [2.24, 2.45) is 0 Å². The van der Waals surface area contributed by atoms with Crippen molar-refractivity contribution in [3.8, 4) is 23.3 Å². The molecule has 11 nitrogen and oxygen atoms in total. The summed E-state index contributed by atoms with van der Waals surface area (Å²) in [5.41, 5.74) is 7.13. The van der Waals surface area contributed by atoms with Gasteiger partial charge in [-0.15, -0.1) is 11.3 Å². The van der Waals surface area contributed by atoms with Crippen LogP contribution in [0.5, 0.6) is 6.01 Å². The van der Waals surface area contributed by atoms with Crippen molar-refractivity contribution in [2.75, 3.05) is 50.5 Å². The molecule has 0 aliphatic carbocycles. The number of halogens is 4. The van der Waals surface area contributed by atoms with Gasteiger partial charge in [0, 0.05) is 49.1 Å². The maximum atomic E-state index is 17.4. The zero-order valence-corrected chi connectivity index (χ0v) is 28.4. The van der Waals surface area contributed by atoms with E-state index in [1.54, 1.807) is 18.9 Å². The second-order valence-corrected chi connectivity index (χ2v) is 14.9. The molecule has 8 rings (SSSR count). The fourth-order valence-corrected chi connectivity index (χ4v) is 9.27. The van der Waals surface area contributed by atoms with Crippen LogP contribution in [-0.4, -0.2) is 99.8 Å². The predicted molar refractivity (Wildman–Crippen MR) is 179 cm³/mol. The summed E-state index contributed by atoms with van der Waals surface area (Å²) in [5.74, 6) is -4.05. The molecule has 1 aromatic carbocycles. The second kappa shape index (κ2) is 12.4. The largest absolute Gasteiger partial charge is 0.461 e. The summed E-state index contributed by atoms with van der Waals surface area (Å²) in [5, 5.41) is 20.7. The number of aliphatic hydroxyl groups excluding tert-OH is 1. The number of likely N-dealkylation sites (tertiary alicyclic amines) is 2. The number of fused-ring (bicyclic) bond motifs is 6. The Morgan fingerprint density at radius 1 is 1.18 bits per heavy atom. The van der Waals surface area contributed by atoms with E-state index in [0.29, 0.717) is 54.9 Å². The van der Waals surface area contributed by atoms with E-state index in [9.17, 15) is 14.8 Å². The van der Waals surface area contributed by atoms with Crippen LogP contribution in [-0.2, 0) is 18.0 Å². The molecule has 3 aromatic heterocycles. The van der Waals surface area contributed by atoms with E-state index in [1.165, 1.54) is 0 Å². The Labute approximate surface area is 289 Å². The van der Waals surface area contributed by atoms with Crippen molar-refractivity contribution in [3.63, 3.8) is 0 Å². The number of thiophene rings is 1. The monoisotopic (exact) mass is 712 g/mol. The molecular formula is C34H36F4N8O3S. The van der Waals surface area contributed by atoms with Crippen LogP contribution in [0, 0.1) is 23.0 Å². The van der Waals surface area contributed by atoms with Crippen LogP contribution in [0.4, 0.5) is 28.4 Å². The fraction of sp³-hybridized carbons (Fsp3) is 0.529. The van der Waals surface area contributed by atoms with Gasteiger partial charge in [-0.3, -0.25) is 14.8 Å². The average Bonchev–Trinajstić information content (AvgIpc) is 3.75. The zero-order chi connectivity index (χ0) is 35.1. The minimum atomic E-state index is -3.00. The average molecular weight is 713 g/mol. The lowest BCUT2D eigenvalue weighted by Crippen LogP contribution is -2.55. The molecule has 7 heterocycles. The van der Waals surface area contributed by atoms with Crippen molar-refractivity contribution in [2.45, 2.75) is 76.0 Å². The first-order valence-electron chi connectivity index (χ1n) is 16.8. The third-order valence-electron chi connectivity index (χ3n) is 10.5.